The van der Waals surface area contributed by atoms with E-state index in [2.05, 4.69) is 29.5 Å². The van der Waals surface area contributed by atoms with Crippen molar-refractivity contribution < 1.29 is 0 Å². The van der Waals surface area contributed by atoms with Crippen LogP contribution >= 0.6 is 34.7 Å². The van der Waals surface area contributed by atoms with Gasteiger partial charge in [0.15, 0.2) is 0 Å². The first-order valence-corrected chi connectivity index (χ1v) is 5.77. The molecule has 2 heterocycles. The lowest BCUT2D eigenvalue weighted by atomic mass is 10.5. The Hall–Kier alpha value is -0.120. The van der Waals surface area contributed by atoms with Crippen LogP contribution in [0.2, 0.25) is 4.34 Å². The summed E-state index contributed by atoms with van der Waals surface area (Å²) in [5.74, 6) is 0. The van der Waals surface area contributed by atoms with Gasteiger partial charge < -0.3 is 4.90 Å². The molecule has 0 radical (unpaired) electrons. The van der Waals surface area contributed by atoms with Crippen LogP contribution in [0, 0.1) is 0 Å². The number of rotatable bonds is 1. The zero-order chi connectivity index (χ0) is 8.55. The number of hydrogen-bond donors (Lipinski definition) is 0. The smallest absolute Gasteiger partial charge is 0.0973 e. The Kier molecular flexibility index (Phi) is 2.35. The number of nitrogens with zero attached hydrogens (tertiary/aromatic N) is 1. The summed E-state index contributed by atoms with van der Waals surface area (Å²) in [6, 6.07) is 3.99. The summed E-state index contributed by atoms with van der Waals surface area (Å²) in [4.78, 5) is 2.22. The van der Waals surface area contributed by atoms with Gasteiger partial charge in [0.05, 0.1) is 14.7 Å². The lowest BCUT2D eigenvalue weighted by molar-refractivity contribution is 0.981. The van der Waals surface area contributed by atoms with Crippen LogP contribution in [0.4, 0.5) is 5.00 Å². The van der Waals surface area contributed by atoms with Crippen LogP contribution in [0.25, 0.3) is 0 Å². The van der Waals surface area contributed by atoms with E-state index in [4.69, 9.17) is 11.6 Å². The molecule has 0 N–H and O–H groups in total. The van der Waals surface area contributed by atoms with Gasteiger partial charge in [0, 0.05) is 6.20 Å². The molecule has 1 nitrogen and oxygen atoms in total. The van der Waals surface area contributed by atoms with Crippen molar-refractivity contribution in [2.45, 2.75) is 12.3 Å². The van der Waals surface area contributed by atoms with Crippen LogP contribution in [-0.2, 0) is 0 Å². The summed E-state index contributed by atoms with van der Waals surface area (Å²) in [6.07, 6.45) is 2.09. The van der Waals surface area contributed by atoms with E-state index in [-0.39, 0.29) is 0 Å². The summed E-state index contributed by atoms with van der Waals surface area (Å²) in [7, 11) is 0. The van der Waals surface area contributed by atoms with Gasteiger partial charge in [-0.15, -0.1) is 23.1 Å². The second kappa shape index (κ2) is 3.32. The predicted octanol–water partition coefficient (Wildman–Crippen LogP) is 3.77. The second-order valence-corrected chi connectivity index (χ2v) is 5.43. The lowest BCUT2D eigenvalue weighted by Crippen LogP contribution is -2.19. The van der Waals surface area contributed by atoms with E-state index in [0.29, 0.717) is 5.37 Å². The minimum atomic E-state index is 0.500. The highest BCUT2D eigenvalue weighted by atomic mass is 35.5. The molecule has 1 unspecified atom stereocenters. The Bertz CT molecular complexity index is 308. The van der Waals surface area contributed by atoms with Gasteiger partial charge >= 0.3 is 0 Å². The Labute approximate surface area is 85.0 Å². The van der Waals surface area contributed by atoms with E-state index in [0.717, 1.165) is 4.34 Å². The molecule has 0 amide bonds. The molecule has 64 valence electrons. The summed E-state index contributed by atoms with van der Waals surface area (Å²) < 4.78 is 0.850. The molecule has 1 aliphatic heterocycles. The molecule has 0 aliphatic carbocycles. The molecule has 12 heavy (non-hydrogen) atoms. The second-order valence-electron chi connectivity index (χ2n) is 2.51. The number of hydrogen-bond acceptors (Lipinski definition) is 3. The topological polar surface area (TPSA) is 3.24 Å². The molecule has 4 heteroatoms. The minimum absolute atomic E-state index is 0.500. The number of thioether (sulfide) groups is 1. The van der Waals surface area contributed by atoms with Crippen molar-refractivity contribution in [2.75, 3.05) is 4.90 Å². The first-order chi connectivity index (χ1) is 5.77. The van der Waals surface area contributed by atoms with Crippen molar-refractivity contribution in [2.24, 2.45) is 0 Å². The van der Waals surface area contributed by atoms with Gasteiger partial charge in [0.2, 0.25) is 0 Å². The number of anilines is 1. The Morgan fingerprint density at radius 2 is 2.33 bits per heavy atom. The normalized spacial score (nSPS) is 22.2. The van der Waals surface area contributed by atoms with Gasteiger partial charge in [-0.25, -0.2) is 0 Å². The average molecular weight is 218 g/mol. The zero-order valence-corrected chi connectivity index (χ0v) is 8.92. The fourth-order valence-electron chi connectivity index (χ4n) is 1.10. The maximum Gasteiger partial charge on any atom is 0.0973 e. The highest BCUT2D eigenvalue weighted by Crippen LogP contribution is 2.36. The molecule has 0 saturated carbocycles. The van der Waals surface area contributed by atoms with E-state index >= 15 is 0 Å². The van der Waals surface area contributed by atoms with E-state index in [1.807, 2.05) is 17.8 Å². The van der Waals surface area contributed by atoms with Crippen molar-refractivity contribution >= 4 is 39.7 Å². The van der Waals surface area contributed by atoms with E-state index in [9.17, 15) is 0 Å². The molecule has 0 aromatic carbocycles. The van der Waals surface area contributed by atoms with Crippen LogP contribution in [0.5, 0.6) is 0 Å². The van der Waals surface area contributed by atoms with Crippen molar-refractivity contribution in [1.82, 2.24) is 0 Å². The highest BCUT2D eigenvalue weighted by molar-refractivity contribution is 8.03. The van der Waals surface area contributed by atoms with Gasteiger partial charge in [0.25, 0.3) is 0 Å². The minimum Gasteiger partial charge on any atom is -0.327 e. The van der Waals surface area contributed by atoms with Gasteiger partial charge in [-0.3, -0.25) is 0 Å². The fourth-order valence-corrected chi connectivity index (χ4v) is 3.00. The Morgan fingerprint density at radius 1 is 1.50 bits per heavy atom. The fraction of sp³-hybridized carbons (Fsp3) is 0.250. The molecule has 1 aromatic rings. The van der Waals surface area contributed by atoms with Crippen molar-refractivity contribution in [3.05, 3.63) is 28.1 Å². The van der Waals surface area contributed by atoms with Gasteiger partial charge in [-0.05, 0) is 24.5 Å². The van der Waals surface area contributed by atoms with Crippen LogP contribution in [-0.4, -0.2) is 5.37 Å². The summed E-state index contributed by atoms with van der Waals surface area (Å²) in [5, 5.41) is 3.83. The van der Waals surface area contributed by atoms with E-state index in [1.165, 1.54) is 5.00 Å². The first kappa shape index (κ1) is 8.48. The highest BCUT2D eigenvalue weighted by Gasteiger charge is 2.17. The van der Waals surface area contributed by atoms with Crippen molar-refractivity contribution in [3.8, 4) is 0 Å². The maximum atomic E-state index is 5.85. The summed E-state index contributed by atoms with van der Waals surface area (Å²) >= 11 is 9.28. The number of halogens is 1. The van der Waals surface area contributed by atoms with Crippen LogP contribution in [0.1, 0.15) is 6.92 Å². The summed E-state index contributed by atoms with van der Waals surface area (Å²) in [5.41, 5.74) is 0. The molecule has 0 fully saturated rings. The van der Waals surface area contributed by atoms with Crippen LogP contribution in [0.15, 0.2) is 23.7 Å². The predicted molar refractivity (Wildman–Crippen MR) is 58.0 cm³/mol. The van der Waals surface area contributed by atoms with E-state index in [1.54, 1.807) is 11.3 Å². The first-order valence-electron chi connectivity index (χ1n) is 3.63. The number of thiophene rings is 1. The SMILES string of the molecule is CC1SC=CN1c1ccc(Cl)s1. The average Bonchev–Trinajstić information content (AvgIpc) is 2.58. The Morgan fingerprint density at radius 3 is 2.83 bits per heavy atom. The van der Waals surface area contributed by atoms with Gasteiger partial charge in [-0.1, -0.05) is 11.6 Å². The molecular formula is C8H8ClNS2. The van der Waals surface area contributed by atoms with Gasteiger partial charge in [0.1, 0.15) is 0 Å². The van der Waals surface area contributed by atoms with Crippen molar-refractivity contribution in [1.29, 1.82) is 0 Å². The molecule has 0 saturated heterocycles. The molecular weight excluding hydrogens is 210 g/mol. The summed E-state index contributed by atoms with van der Waals surface area (Å²) in [6.45, 7) is 2.18. The standard InChI is InChI=1S/C8H8ClNS2/c1-6-10(4-5-11-6)8-3-2-7(9)12-8/h2-6H,1H3. The molecule has 0 spiro atoms. The van der Waals surface area contributed by atoms with Crippen LogP contribution < -0.4 is 4.90 Å². The van der Waals surface area contributed by atoms with Gasteiger partial charge in [-0.2, -0.15) is 0 Å². The zero-order valence-electron chi connectivity index (χ0n) is 6.53. The third-order valence-corrected chi connectivity index (χ3v) is 3.85. The molecule has 1 aromatic heterocycles. The van der Waals surface area contributed by atoms with Crippen molar-refractivity contribution in [3.63, 3.8) is 0 Å². The quantitative estimate of drug-likeness (QED) is 0.705. The molecule has 0 bridgehead atoms. The monoisotopic (exact) mass is 217 g/mol. The lowest BCUT2D eigenvalue weighted by Gasteiger charge is -2.18. The van der Waals surface area contributed by atoms with E-state index < -0.39 is 0 Å². The third-order valence-electron chi connectivity index (χ3n) is 1.70. The van der Waals surface area contributed by atoms with Crippen LogP contribution in [0.3, 0.4) is 0 Å². The molecule has 1 atom stereocenters. The maximum absolute atomic E-state index is 5.85. The Balaban J connectivity index is 2.24. The largest absolute Gasteiger partial charge is 0.327 e. The molecule has 1 aliphatic rings. The molecule has 2 rings (SSSR count). The third kappa shape index (κ3) is 1.49.